The molecule has 2 aromatic rings. The van der Waals surface area contributed by atoms with Gasteiger partial charge in [-0.15, -0.1) is 0 Å². The number of nitrogens with zero attached hydrogens (tertiary/aromatic N) is 1. The fraction of sp³-hybridized carbons (Fsp3) is 0.381. The Morgan fingerprint density at radius 3 is 2.46 bits per heavy atom. The van der Waals surface area contributed by atoms with Crippen molar-refractivity contribution in [3.63, 3.8) is 0 Å². The van der Waals surface area contributed by atoms with Crippen molar-refractivity contribution in [2.24, 2.45) is 0 Å². The lowest BCUT2D eigenvalue weighted by molar-refractivity contribution is -0.167. The molecule has 0 bridgehead atoms. The fourth-order valence-electron chi connectivity index (χ4n) is 2.90. The second kappa shape index (κ2) is 9.39. The van der Waals surface area contributed by atoms with Gasteiger partial charge in [0.1, 0.15) is 5.69 Å². The van der Waals surface area contributed by atoms with Crippen LogP contribution in [0.25, 0.3) is 0 Å². The maximum atomic E-state index is 13.9. The summed E-state index contributed by atoms with van der Waals surface area (Å²) in [5.74, 6) is -6.48. The molecule has 1 unspecified atom stereocenters. The molecule has 1 heterocycles. The number of esters is 1. The van der Waals surface area contributed by atoms with Gasteiger partial charge in [0.05, 0.1) is 13.0 Å². The van der Waals surface area contributed by atoms with Gasteiger partial charge in [-0.05, 0) is 48.4 Å². The Morgan fingerprint density at radius 2 is 1.86 bits per heavy atom. The van der Waals surface area contributed by atoms with Crippen molar-refractivity contribution in [2.75, 3.05) is 6.61 Å². The van der Waals surface area contributed by atoms with Crippen molar-refractivity contribution < 1.29 is 28.2 Å². The van der Waals surface area contributed by atoms with Crippen LogP contribution in [-0.2, 0) is 33.1 Å². The van der Waals surface area contributed by atoms with E-state index in [2.05, 4.69) is 4.98 Å². The Morgan fingerprint density at radius 1 is 1.18 bits per heavy atom. The maximum absolute atomic E-state index is 13.9. The van der Waals surface area contributed by atoms with Crippen LogP contribution in [0.5, 0.6) is 0 Å². The van der Waals surface area contributed by atoms with Crippen molar-refractivity contribution in [3.8, 4) is 0 Å². The summed E-state index contributed by atoms with van der Waals surface area (Å²) in [5.41, 5.74) is 1.38. The molecule has 28 heavy (non-hydrogen) atoms. The van der Waals surface area contributed by atoms with Gasteiger partial charge in [0.2, 0.25) is 0 Å². The number of alkyl halides is 2. The quantitative estimate of drug-likeness (QED) is 0.652. The molecule has 0 aliphatic carbocycles. The Labute approximate surface area is 162 Å². The summed E-state index contributed by atoms with van der Waals surface area (Å²) in [7, 11) is 0. The van der Waals surface area contributed by atoms with Gasteiger partial charge in [-0.25, -0.2) is 4.79 Å². The zero-order chi connectivity index (χ0) is 20.7. The molecule has 0 aliphatic heterocycles. The average molecular weight is 391 g/mol. The minimum absolute atomic E-state index is 0.00674. The first-order chi connectivity index (χ1) is 13.3. The topological polar surface area (TPSA) is 76.5 Å². The fourth-order valence-corrected chi connectivity index (χ4v) is 2.90. The van der Waals surface area contributed by atoms with Crippen LogP contribution in [-0.4, -0.2) is 28.6 Å². The van der Waals surface area contributed by atoms with Gasteiger partial charge in [0.25, 0.3) is 0 Å². The number of carbonyl (C=O) groups excluding carboxylic acids is 1. The van der Waals surface area contributed by atoms with E-state index in [-0.39, 0.29) is 30.3 Å². The minimum atomic E-state index is -4.02. The zero-order valence-corrected chi connectivity index (χ0v) is 15.8. The summed E-state index contributed by atoms with van der Waals surface area (Å²) in [6, 6.07) is 10.5. The molecule has 1 atom stereocenters. The summed E-state index contributed by atoms with van der Waals surface area (Å²) < 4.78 is 32.7. The van der Waals surface area contributed by atoms with Crippen LogP contribution in [0.1, 0.15) is 48.6 Å². The van der Waals surface area contributed by atoms with Gasteiger partial charge in [-0.1, -0.05) is 37.3 Å². The first-order valence-electron chi connectivity index (χ1n) is 9.05. The van der Waals surface area contributed by atoms with Crippen LogP contribution in [0.2, 0.25) is 0 Å². The van der Waals surface area contributed by atoms with Gasteiger partial charge in [-0.2, -0.15) is 8.78 Å². The highest BCUT2D eigenvalue weighted by Crippen LogP contribution is 2.30. The van der Waals surface area contributed by atoms with Crippen LogP contribution in [0.4, 0.5) is 8.78 Å². The van der Waals surface area contributed by atoms with Crippen LogP contribution in [0.15, 0.2) is 42.6 Å². The number of halogens is 2. The standard InChI is InChI=1S/C21H23F2NO4/c1-3-28-18(25)13-14(2)16-9-6-15(7-10-16)8-11-17-5-4-12-24-19(17)21(22,23)20(26)27/h4-7,9-10,12,14H,3,8,11,13H2,1-2H3,(H,26,27). The second-order valence-electron chi connectivity index (χ2n) is 6.54. The molecule has 1 aromatic carbocycles. The number of carbonyl (C=O) groups is 2. The Balaban J connectivity index is 2.05. The molecule has 1 aromatic heterocycles. The van der Waals surface area contributed by atoms with Crippen LogP contribution < -0.4 is 0 Å². The van der Waals surface area contributed by atoms with E-state index in [0.717, 1.165) is 17.3 Å². The number of pyridine rings is 1. The van der Waals surface area contributed by atoms with E-state index in [1.165, 1.54) is 12.1 Å². The van der Waals surface area contributed by atoms with Crippen LogP contribution in [0, 0.1) is 0 Å². The minimum Gasteiger partial charge on any atom is -0.476 e. The molecule has 150 valence electrons. The van der Waals surface area contributed by atoms with E-state index in [1.54, 1.807) is 6.92 Å². The summed E-state index contributed by atoms with van der Waals surface area (Å²) in [4.78, 5) is 26.0. The Kier molecular flexibility index (Phi) is 7.20. The third-order valence-corrected chi connectivity index (χ3v) is 4.47. The van der Waals surface area contributed by atoms with Crippen molar-refractivity contribution in [3.05, 3.63) is 65.0 Å². The number of aromatic nitrogens is 1. The van der Waals surface area contributed by atoms with Crippen molar-refractivity contribution in [2.45, 2.75) is 45.0 Å². The highest BCUT2D eigenvalue weighted by molar-refractivity contribution is 5.77. The monoisotopic (exact) mass is 391 g/mol. The first kappa shape index (κ1) is 21.5. The number of benzene rings is 1. The second-order valence-corrected chi connectivity index (χ2v) is 6.54. The molecule has 1 N–H and O–H groups in total. The lowest BCUT2D eigenvalue weighted by atomic mass is 9.95. The summed E-state index contributed by atoms with van der Waals surface area (Å²) in [6.07, 6.45) is 2.15. The van der Waals surface area contributed by atoms with Gasteiger partial charge in [0.15, 0.2) is 0 Å². The van der Waals surface area contributed by atoms with Gasteiger partial charge in [0, 0.05) is 6.20 Å². The van der Waals surface area contributed by atoms with Crippen molar-refractivity contribution in [1.82, 2.24) is 4.98 Å². The predicted octanol–water partition coefficient (Wildman–Crippen LogP) is 4.10. The highest BCUT2D eigenvalue weighted by atomic mass is 19.3. The SMILES string of the molecule is CCOC(=O)CC(C)c1ccc(CCc2cccnc2C(F)(F)C(=O)O)cc1. The predicted molar refractivity (Wildman–Crippen MR) is 99.3 cm³/mol. The molecule has 5 nitrogen and oxygen atoms in total. The molecule has 2 rings (SSSR count). The molecular weight excluding hydrogens is 368 g/mol. The van der Waals surface area contributed by atoms with E-state index >= 15 is 0 Å². The maximum Gasteiger partial charge on any atom is 0.384 e. The highest BCUT2D eigenvalue weighted by Gasteiger charge is 2.44. The smallest absolute Gasteiger partial charge is 0.384 e. The van der Waals surface area contributed by atoms with E-state index in [9.17, 15) is 18.4 Å². The van der Waals surface area contributed by atoms with E-state index < -0.39 is 17.6 Å². The Bertz CT molecular complexity index is 821. The zero-order valence-electron chi connectivity index (χ0n) is 15.8. The summed E-state index contributed by atoms with van der Waals surface area (Å²) in [5, 5.41) is 8.76. The number of ether oxygens (including phenoxy) is 1. The number of carboxylic acids is 1. The van der Waals surface area contributed by atoms with E-state index in [0.29, 0.717) is 13.0 Å². The molecule has 0 radical (unpaired) electrons. The average Bonchev–Trinajstić information content (AvgIpc) is 2.67. The summed E-state index contributed by atoms with van der Waals surface area (Å²) >= 11 is 0. The number of aryl methyl sites for hydroxylation is 2. The van der Waals surface area contributed by atoms with E-state index in [4.69, 9.17) is 9.84 Å². The van der Waals surface area contributed by atoms with Crippen LogP contribution in [0.3, 0.4) is 0 Å². The van der Waals surface area contributed by atoms with Crippen LogP contribution >= 0.6 is 0 Å². The third-order valence-electron chi connectivity index (χ3n) is 4.47. The normalized spacial score (nSPS) is 12.4. The number of rotatable bonds is 9. The lowest BCUT2D eigenvalue weighted by Gasteiger charge is -2.15. The molecule has 0 spiro atoms. The van der Waals surface area contributed by atoms with Crippen molar-refractivity contribution >= 4 is 11.9 Å². The van der Waals surface area contributed by atoms with Gasteiger partial charge >= 0.3 is 17.9 Å². The number of carboxylic acid groups (broad SMARTS) is 1. The molecule has 0 saturated carbocycles. The molecule has 0 fully saturated rings. The first-order valence-corrected chi connectivity index (χ1v) is 9.05. The molecule has 0 saturated heterocycles. The summed E-state index contributed by atoms with van der Waals surface area (Å²) in [6.45, 7) is 4.04. The van der Waals surface area contributed by atoms with E-state index in [1.807, 2.05) is 31.2 Å². The Hall–Kier alpha value is -2.83. The number of aliphatic carboxylic acids is 1. The van der Waals surface area contributed by atoms with Gasteiger partial charge in [-0.3, -0.25) is 9.78 Å². The molecule has 0 aliphatic rings. The molecule has 0 amide bonds. The third kappa shape index (κ3) is 5.34. The largest absolute Gasteiger partial charge is 0.476 e. The number of hydrogen-bond acceptors (Lipinski definition) is 4. The van der Waals surface area contributed by atoms with Crippen molar-refractivity contribution in [1.29, 1.82) is 0 Å². The molecular formula is C21H23F2NO4. The van der Waals surface area contributed by atoms with Gasteiger partial charge < -0.3 is 9.84 Å². The number of hydrogen-bond donors (Lipinski definition) is 1. The lowest BCUT2D eigenvalue weighted by Crippen LogP contribution is -2.28. The molecule has 7 heteroatoms.